The Morgan fingerprint density at radius 2 is 1.68 bits per heavy atom. The Kier molecular flexibility index (Phi) is 4.61. The predicted octanol–water partition coefficient (Wildman–Crippen LogP) is 4.01. The first-order valence-corrected chi connectivity index (χ1v) is 8.97. The van der Waals surface area contributed by atoms with Crippen molar-refractivity contribution in [3.8, 4) is 6.07 Å². The summed E-state index contributed by atoms with van der Waals surface area (Å²) in [6, 6.07) is 23.3. The minimum Gasteiger partial charge on any atom is -0.322 e. The molecule has 0 radical (unpaired) electrons. The highest BCUT2D eigenvalue weighted by atomic mass is 16.2. The molecular formula is C23H17N3O2. The van der Waals surface area contributed by atoms with Crippen molar-refractivity contribution in [2.75, 3.05) is 16.8 Å². The first-order chi connectivity index (χ1) is 13.7. The molecule has 28 heavy (non-hydrogen) atoms. The quantitative estimate of drug-likeness (QED) is 0.760. The second-order valence-corrected chi connectivity index (χ2v) is 6.56. The molecule has 0 saturated heterocycles. The van der Waals surface area contributed by atoms with Crippen molar-refractivity contribution < 1.29 is 9.59 Å². The number of hydrogen-bond acceptors (Lipinski definition) is 3. The minimum absolute atomic E-state index is 0.0707. The minimum atomic E-state index is -0.291. The largest absolute Gasteiger partial charge is 0.322 e. The summed E-state index contributed by atoms with van der Waals surface area (Å²) < 4.78 is 0. The molecule has 4 rings (SSSR count). The smallest absolute Gasteiger partial charge is 0.258 e. The van der Waals surface area contributed by atoms with E-state index in [1.807, 2.05) is 30.3 Å². The average Bonchev–Trinajstić information content (AvgIpc) is 3.17. The molecule has 0 fully saturated rings. The molecule has 0 unspecified atom stereocenters. The van der Waals surface area contributed by atoms with Crippen LogP contribution < -0.4 is 10.2 Å². The third-order valence-corrected chi connectivity index (χ3v) is 4.78. The molecule has 5 nitrogen and oxygen atoms in total. The summed E-state index contributed by atoms with van der Waals surface area (Å²) in [5, 5.41) is 11.7. The summed E-state index contributed by atoms with van der Waals surface area (Å²) in [4.78, 5) is 27.0. The zero-order valence-electron chi connectivity index (χ0n) is 15.1. The van der Waals surface area contributed by atoms with E-state index in [2.05, 4.69) is 5.32 Å². The van der Waals surface area contributed by atoms with E-state index in [0.29, 0.717) is 28.9 Å². The van der Waals surface area contributed by atoms with Crippen molar-refractivity contribution in [1.82, 2.24) is 0 Å². The standard InChI is InChI=1S/C23H17N3O2/c24-15-16-4-3-6-20(14-16)25-22(27)18-8-10-19(11-9-18)23(28)26-13-12-17-5-1-2-7-21(17)26/h1-11,14H,12-13H2,(H,25,27). The van der Waals surface area contributed by atoms with E-state index in [9.17, 15) is 9.59 Å². The Morgan fingerprint density at radius 1 is 0.929 bits per heavy atom. The summed E-state index contributed by atoms with van der Waals surface area (Å²) in [6.45, 7) is 0.662. The molecule has 0 saturated carbocycles. The van der Waals surface area contributed by atoms with Gasteiger partial charge in [0.05, 0.1) is 11.6 Å². The molecule has 1 N–H and O–H groups in total. The summed E-state index contributed by atoms with van der Waals surface area (Å²) in [5.41, 5.74) is 4.14. The number of nitriles is 1. The third-order valence-electron chi connectivity index (χ3n) is 4.78. The third kappa shape index (κ3) is 3.36. The van der Waals surface area contributed by atoms with Crippen molar-refractivity contribution in [3.05, 3.63) is 95.1 Å². The Morgan fingerprint density at radius 3 is 2.46 bits per heavy atom. The van der Waals surface area contributed by atoms with Crippen LogP contribution in [0.4, 0.5) is 11.4 Å². The molecule has 0 spiro atoms. The van der Waals surface area contributed by atoms with Crippen LogP contribution in [0.25, 0.3) is 0 Å². The van der Waals surface area contributed by atoms with Crippen LogP contribution in [-0.2, 0) is 6.42 Å². The van der Waals surface area contributed by atoms with E-state index in [4.69, 9.17) is 5.26 Å². The van der Waals surface area contributed by atoms with Gasteiger partial charge in [-0.3, -0.25) is 9.59 Å². The number of para-hydroxylation sites is 1. The lowest BCUT2D eigenvalue weighted by Gasteiger charge is -2.17. The molecule has 2 amide bonds. The number of carbonyl (C=O) groups excluding carboxylic acids is 2. The molecule has 1 heterocycles. The molecule has 0 atom stereocenters. The number of rotatable bonds is 3. The highest BCUT2D eigenvalue weighted by Gasteiger charge is 2.25. The molecule has 0 aromatic heterocycles. The summed E-state index contributed by atoms with van der Waals surface area (Å²) in [6.07, 6.45) is 0.851. The van der Waals surface area contributed by atoms with Gasteiger partial charge in [-0.25, -0.2) is 0 Å². The van der Waals surface area contributed by atoms with E-state index in [1.165, 1.54) is 5.56 Å². The summed E-state index contributed by atoms with van der Waals surface area (Å²) in [7, 11) is 0. The monoisotopic (exact) mass is 367 g/mol. The number of nitrogens with zero attached hydrogens (tertiary/aromatic N) is 2. The number of benzene rings is 3. The van der Waals surface area contributed by atoms with E-state index in [0.717, 1.165) is 12.1 Å². The Hall–Kier alpha value is -3.91. The number of fused-ring (bicyclic) bond motifs is 1. The molecule has 136 valence electrons. The number of nitrogens with one attached hydrogen (secondary N) is 1. The van der Waals surface area contributed by atoms with Crippen LogP contribution in [0.15, 0.2) is 72.8 Å². The van der Waals surface area contributed by atoms with Crippen LogP contribution >= 0.6 is 0 Å². The maximum Gasteiger partial charge on any atom is 0.258 e. The van der Waals surface area contributed by atoms with Crippen LogP contribution in [0.2, 0.25) is 0 Å². The zero-order chi connectivity index (χ0) is 19.5. The van der Waals surface area contributed by atoms with Gasteiger partial charge in [0.1, 0.15) is 0 Å². The van der Waals surface area contributed by atoms with Gasteiger partial charge in [-0.15, -0.1) is 0 Å². The lowest BCUT2D eigenvalue weighted by atomic mass is 10.1. The van der Waals surface area contributed by atoms with Gasteiger partial charge in [0.25, 0.3) is 11.8 Å². The first kappa shape index (κ1) is 17.5. The Balaban J connectivity index is 1.49. The second kappa shape index (κ2) is 7.37. The fourth-order valence-corrected chi connectivity index (χ4v) is 3.34. The van der Waals surface area contributed by atoms with Crippen molar-refractivity contribution >= 4 is 23.2 Å². The van der Waals surface area contributed by atoms with Crippen molar-refractivity contribution in [2.24, 2.45) is 0 Å². The summed E-state index contributed by atoms with van der Waals surface area (Å²) >= 11 is 0. The van der Waals surface area contributed by atoms with Crippen molar-refractivity contribution in [1.29, 1.82) is 5.26 Å². The SMILES string of the molecule is N#Cc1cccc(NC(=O)c2ccc(C(=O)N3CCc4ccccc43)cc2)c1. The van der Waals surface area contributed by atoms with Gasteiger partial charge in [0, 0.05) is 29.0 Å². The lowest BCUT2D eigenvalue weighted by molar-refractivity contribution is 0.0986. The van der Waals surface area contributed by atoms with E-state index < -0.39 is 0 Å². The molecule has 3 aromatic carbocycles. The van der Waals surface area contributed by atoms with Gasteiger partial charge in [-0.1, -0.05) is 24.3 Å². The van der Waals surface area contributed by atoms with Crippen molar-refractivity contribution in [2.45, 2.75) is 6.42 Å². The summed E-state index contributed by atoms with van der Waals surface area (Å²) in [5.74, 6) is -0.362. The van der Waals surface area contributed by atoms with Gasteiger partial charge in [-0.2, -0.15) is 5.26 Å². The van der Waals surface area contributed by atoms with Crippen LogP contribution in [0.3, 0.4) is 0 Å². The highest BCUT2D eigenvalue weighted by Crippen LogP contribution is 2.28. The van der Waals surface area contributed by atoms with Gasteiger partial charge in [0.15, 0.2) is 0 Å². The molecule has 1 aliphatic rings. The molecule has 1 aliphatic heterocycles. The van der Waals surface area contributed by atoms with Crippen molar-refractivity contribution in [3.63, 3.8) is 0 Å². The van der Waals surface area contributed by atoms with E-state index in [-0.39, 0.29) is 11.8 Å². The molecule has 3 aromatic rings. The Labute approximate surface area is 162 Å². The number of carbonyl (C=O) groups is 2. The normalized spacial score (nSPS) is 12.2. The lowest BCUT2D eigenvalue weighted by Crippen LogP contribution is -2.28. The number of anilines is 2. The van der Waals surface area contributed by atoms with Gasteiger partial charge in [-0.05, 0) is 60.5 Å². The van der Waals surface area contributed by atoms with Crippen LogP contribution in [0, 0.1) is 11.3 Å². The van der Waals surface area contributed by atoms with E-state index >= 15 is 0 Å². The fraction of sp³-hybridized carbons (Fsp3) is 0.0870. The van der Waals surface area contributed by atoms with E-state index in [1.54, 1.807) is 53.4 Å². The first-order valence-electron chi connectivity index (χ1n) is 8.97. The highest BCUT2D eigenvalue weighted by molar-refractivity contribution is 6.09. The number of hydrogen-bond donors (Lipinski definition) is 1. The maximum absolute atomic E-state index is 12.8. The van der Waals surface area contributed by atoms with Crippen LogP contribution in [0.1, 0.15) is 31.8 Å². The van der Waals surface area contributed by atoms with Crippen LogP contribution in [0.5, 0.6) is 0 Å². The number of amides is 2. The van der Waals surface area contributed by atoms with Gasteiger partial charge in [0.2, 0.25) is 0 Å². The average molecular weight is 367 g/mol. The Bertz CT molecular complexity index is 1100. The maximum atomic E-state index is 12.8. The topological polar surface area (TPSA) is 73.2 Å². The fourth-order valence-electron chi connectivity index (χ4n) is 3.34. The molecule has 5 heteroatoms. The molecule has 0 aliphatic carbocycles. The molecule has 0 bridgehead atoms. The molecular weight excluding hydrogens is 350 g/mol. The predicted molar refractivity (Wildman–Crippen MR) is 107 cm³/mol. The van der Waals surface area contributed by atoms with Gasteiger partial charge >= 0.3 is 0 Å². The zero-order valence-corrected chi connectivity index (χ0v) is 15.1. The van der Waals surface area contributed by atoms with Crippen LogP contribution in [-0.4, -0.2) is 18.4 Å². The van der Waals surface area contributed by atoms with Gasteiger partial charge < -0.3 is 10.2 Å². The second-order valence-electron chi connectivity index (χ2n) is 6.56.